The van der Waals surface area contributed by atoms with Crippen molar-refractivity contribution in [3.63, 3.8) is 0 Å². The van der Waals surface area contributed by atoms with Gasteiger partial charge in [-0.25, -0.2) is 0 Å². The molecule has 150 valence electrons. The Morgan fingerprint density at radius 2 is 1.76 bits per heavy atom. The van der Waals surface area contributed by atoms with Gasteiger partial charge < -0.3 is 14.6 Å². The van der Waals surface area contributed by atoms with E-state index in [0.29, 0.717) is 13.0 Å². The lowest BCUT2D eigenvalue weighted by molar-refractivity contribution is -0.134. The van der Waals surface area contributed by atoms with Gasteiger partial charge in [0, 0.05) is 67.2 Å². The van der Waals surface area contributed by atoms with Crippen molar-refractivity contribution in [3.05, 3.63) is 71.4 Å². The number of nitrogens with zero attached hydrogens (tertiary/aromatic N) is 2. The molecule has 5 rings (SSSR count). The largest absolute Gasteiger partial charge is 0.379 e. The number of para-hydroxylation sites is 1. The summed E-state index contributed by atoms with van der Waals surface area (Å²) in [7, 11) is 0. The molecule has 1 N–H and O–H groups in total. The van der Waals surface area contributed by atoms with E-state index in [2.05, 4.69) is 58.4 Å². The summed E-state index contributed by atoms with van der Waals surface area (Å²) in [6, 6.07) is 18.9. The second kappa shape index (κ2) is 8.01. The maximum atomic E-state index is 13.4. The summed E-state index contributed by atoms with van der Waals surface area (Å²) in [6.07, 6.45) is 1.41. The van der Waals surface area contributed by atoms with E-state index in [1.807, 2.05) is 11.0 Å². The van der Waals surface area contributed by atoms with Crippen LogP contribution >= 0.6 is 0 Å². The summed E-state index contributed by atoms with van der Waals surface area (Å²) in [4.78, 5) is 21.3. The van der Waals surface area contributed by atoms with Crippen LogP contribution in [0.1, 0.15) is 29.3 Å². The third kappa shape index (κ3) is 3.68. The van der Waals surface area contributed by atoms with Gasteiger partial charge in [-0.15, -0.1) is 0 Å². The fraction of sp³-hybridized carbons (Fsp3) is 0.375. The molecule has 1 atom stereocenters. The zero-order chi connectivity index (χ0) is 19.6. The molecule has 29 heavy (non-hydrogen) atoms. The number of aromatic nitrogens is 1. The lowest BCUT2D eigenvalue weighted by Gasteiger charge is -2.36. The van der Waals surface area contributed by atoms with Gasteiger partial charge in [-0.1, -0.05) is 48.5 Å². The van der Waals surface area contributed by atoms with Gasteiger partial charge in [-0.3, -0.25) is 9.69 Å². The Hall–Kier alpha value is -2.63. The highest BCUT2D eigenvalue weighted by Gasteiger charge is 2.29. The monoisotopic (exact) mass is 389 g/mol. The van der Waals surface area contributed by atoms with E-state index in [1.54, 1.807) is 0 Å². The lowest BCUT2D eigenvalue weighted by Crippen LogP contribution is -2.42. The molecular weight excluding hydrogens is 362 g/mol. The molecule has 1 fully saturated rings. The molecule has 1 amide bonds. The van der Waals surface area contributed by atoms with Crippen LogP contribution in [0.3, 0.4) is 0 Å². The third-order valence-corrected chi connectivity index (χ3v) is 6.27. The number of carbonyl (C=O) groups is 1. The number of H-pyrrole nitrogens is 1. The molecule has 0 bridgehead atoms. The number of morpholine rings is 1. The number of aromatic amines is 1. The minimum Gasteiger partial charge on any atom is -0.379 e. The quantitative estimate of drug-likeness (QED) is 0.743. The Bertz CT molecular complexity index is 992. The third-order valence-electron chi connectivity index (χ3n) is 6.27. The van der Waals surface area contributed by atoms with Crippen LogP contribution in [0.2, 0.25) is 0 Å². The minimum atomic E-state index is 0.108. The highest BCUT2D eigenvalue weighted by Crippen LogP contribution is 2.30. The molecule has 0 radical (unpaired) electrons. The number of rotatable bonds is 4. The van der Waals surface area contributed by atoms with Crippen molar-refractivity contribution < 1.29 is 9.53 Å². The van der Waals surface area contributed by atoms with E-state index < -0.39 is 0 Å². The minimum absolute atomic E-state index is 0.108. The van der Waals surface area contributed by atoms with Gasteiger partial charge >= 0.3 is 0 Å². The van der Waals surface area contributed by atoms with Crippen LogP contribution in [-0.2, 0) is 22.5 Å². The van der Waals surface area contributed by atoms with Crippen LogP contribution < -0.4 is 0 Å². The van der Waals surface area contributed by atoms with Gasteiger partial charge in [-0.05, 0) is 11.6 Å². The van der Waals surface area contributed by atoms with Gasteiger partial charge in [-0.2, -0.15) is 0 Å². The average molecular weight is 389 g/mol. The molecule has 2 aliphatic rings. The molecule has 5 nitrogen and oxygen atoms in total. The topological polar surface area (TPSA) is 48.6 Å². The molecule has 1 unspecified atom stereocenters. The first-order valence-corrected chi connectivity index (χ1v) is 10.5. The fourth-order valence-corrected chi connectivity index (χ4v) is 4.70. The van der Waals surface area contributed by atoms with Crippen LogP contribution in [0.4, 0.5) is 0 Å². The van der Waals surface area contributed by atoms with Crippen molar-refractivity contribution in [1.29, 1.82) is 0 Å². The van der Waals surface area contributed by atoms with Crippen LogP contribution in [0.5, 0.6) is 0 Å². The van der Waals surface area contributed by atoms with Crippen molar-refractivity contribution in [3.8, 4) is 0 Å². The number of amides is 1. The summed E-state index contributed by atoms with van der Waals surface area (Å²) in [5.41, 5.74) is 4.95. The number of fused-ring (bicyclic) bond motifs is 3. The van der Waals surface area contributed by atoms with E-state index in [-0.39, 0.29) is 11.9 Å². The predicted octanol–water partition coefficient (Wildman–Crippen LogP) is 3.52. The first-order chi connectivity index (χ1) is 14.3. The summed E-state index contributed by atoms with van der Waals surface area (Å²) >= 11 is 0. The summed E-state index contributed by atoms with van der Waals surface area (Å²) in [5.74, 6) is 0.237. The number of hydrogen-bond donors (Lipinski definition) is 1. The Kier molecular flexibility index (Phi) is 5.08. The van der Waals surface area contributed by atoms with Gasteiger partial charge in [0.05, 0.1) is 13.2 Å². The Morgan fingerprint density at radius 1 is 1.00 bits per heavy atom. The first-order valence-electron chi connectivity index (χ1n) is 10.5. The van der Waals surface area contributed by atoms with E-state index in [9.17, 15) is 4.79 Å². The Labute approximate surface area is 171 Å². The maximum Gasteiger partial charge on any atom is 0.224 e. The number of nitrogens with one attached hydrogen (secondary N) is 1. The van der Waals surface area contributed by atoms with Crippen LogP contribution in [0, 0.1) is 0 Å². The highest BCUT2D eigenvalue weighted by atomic mass is 16.5. The maximum absolute atomic E-state index is 13.4. The first kappa shape index (κ1) is 18.4. The molecule has 5 heteroatoms. The lowest BCUT2D eigenvalue weighted by atomic mass is 9.99. The molecule has 1 aromatic heterocycles. The average Bonchev–Trinajstić information content (AvgIpc) is 3.16. The van der Waals surface area contributed by atoms with Gasteiger partial charge in [0.15, 0.2) is 0 Å². The molecule has 0 spiro atoms. The molecule has 0 saturated carbocycles. The van der Waals surface area contributed by atoms with E-state index in [0.717, 1.165) is 39.3 Å². The molecule has 2 aliphatic heterocycles. The smallest absolute Gasteiger partial charge is 0.224 e. The van der Waals surface area contributed by atoms with E-state index in [4.69, 9.17) is 4.74 Å². The molecule has 3 heterocycles. The summed E-state index contributed by atoms with van der Waals surface area (Å²) < 4.78 is 5.54. The van der Waals surface area contributed by atoms with Crippen molar-refractivity contribution in [2.24, 2.45) is 0 Å². The zero-order valence-corrected chi connectivity index (χ0v) is 16.6. The molecule has 1 saturated heterocycles. The van der Waals surface area contributed by atoms with E-state index in [1.165, 1.54) is 27.7 Å². The summed E-state index contributed by atoms with van der Waals surface area (Å²) in [5, 5.41) is 1.24. The normalized spacial score (nSPS) is 18.6. The second-order valence-corrected chi connectivity index (χ2v) is 7.97. The molecular formula is C24H27N3O2. The number of benzene rings is 2. The summed E-state index contributed by atoms with van der Waals surface area (Å²) in [6.45, 7) is 4.70. The van der Waals surface area contributed by atoms with Gasteiger partial charge in [0.2, 0.25) is 5.91 Å². The molecule has 0 aliphatic carbocycles. The van der Waals surface area contributed by atoms with Crippen molar-refractivity contribution in [2.75, 3.05) is 32.8 Å². The zero-order valence-electron chi connectivity index (χ0n) is 16.6. The number of carbonyl (C=O) groups excluding carboxylic acids is 1. The van der Waals surface area contributed by atoms with Crippen LogP contribution in [0.15, 0.2) is 54.6 Å². The SMILES string of the molecule is O=C(CC(c1ccccc1)N1CCOCC1)N1CCc2[nH]c3ccccc3c2C1. The predicted molar refractivity (Wildman–Crippen MR) is 114 cm³/mol. The molecule has 3 aromatic rings. The Morgan fingerprint density at radius 3 is 2.59 bits per heavy atom. The fourth-order valence-electron chi connectivity index (χ4n) is 4.70. The second-order valence-electron chi connectivity index (χ2n) is 7.97. The van der Waals surface area contributed by atoms with Crippen molar-refractivity contribution >= 4 is 16.8 Å². The van der Waals surface area contributed by atoms with Crippen LogP contribution in [-0.4, -0.2) is 53.5 Å². The van der Waals surface area contributed by atoms with Gasteiger partial charge in [0.1, 0.15) is 0 Å². The number of ether oxygens (including phenoxy) is 1. The van der Waals surface area contributed by atoms with Crippen molar-refractivity contribution in [2.45, 2.75) is 25.4 Å². The highest BCUT2D eigenvalue weighted by molar-refractivity contribution is 5.86. The van der Waals surface area contributed by atoms with Gasteiger partial charge in [0.25, 0.3) is 0 Å². The number of hydrogen-bond acceptors (Lipinski definition) is 3. The standard InChI is InChI=1S/C24H27N3O2/c28-24(16-23(18-6-2-1-3-7-18)26-12-14-29-15-13-26)27-11-10-22-20(17-27)19-8-4-5-9-21(19)25-22/h1-9,23,25H,10-17H2. The Balaban J connectivity index is 1.36. The molecule has 2 aromatic carbocycles. The van der Waals surface area contributed by atoms with Crippen molar-refractivity contribution in [1.82, 2.24) is 14.8 Å². The van der Waals surface area contributed by atoms with Crippen LogP contribution in [0.25, 0.3) is 10.9 Å². The van der Waals surface area contributed by atoms with E-state index >= 15 is 0 Å².